The Bertz CT molecular complexity index is 537. The van der Waals surface area contributed by atoms with Crippen LogP contribution in [0.15, 0.2) is 24.3 Å². The van der Waals surface area contributed by atoms with Crippen molar-refractivity contribution in [2.75, 3.05) is 39.3 Å². The van der Waals surface area contributed by atoms with E-state index >= 15 is 0 Å². The SMILES string of the molecule is CC(C)CNC(=O)CN1CCN(C(=O)c2ccc(F)cc2)CC1. The molecular formula is C17H24FN3O2. The monoisotopic (exact) mass is 321 g/mol. The van der Waals surface area contributed by atoms with Gasteiger partial charge in [0.2, 0.25) is 5.91 Å². The van der Waals surface area contributed by atoms with E-state index in [1.165, 1.54) is 24.3 Å². The van der Waals surface area contributed by atoms with Gasteiger partial charge in [-0.15, -0.1) is 0 Å². The Hall–Kier alpha value is -1.95. The van der Waals surface area contributed by atoms with Gasteiger partial charge in [0.25, 0.3) is 5.91 Å². The number of carbonyl (C=O) groups excluding carboxylic acids is 2. The van der Waals surface area contributed by atoms with E-state index in [1.807, 2.05) is 4.90 Å². The fourth-order valence-corrected chi connectivity index (χ4v) is 2.46. The van der Waals surface area contributed by atoms with Gasteiger partial charge >= 0.3 is 0 Å². The van der Waals surface area contributed by atoms with Crippen LogP contribution in [-0.4, -0.2) is 60.9 Å². The molecule has 1 aromatic carbocycles. The number of amides is 2. The van der Waals surface area contributed by atoms with Crippen LogP contribution in [0.2, 0.25) is 0 Å². The summed E-state index contributed by atoms with van der Waals surface area (Å²) in [6.45, 7) is 7.65. The number of carbonyl (C=O) groups is 2. The van der Waals surface area contributed by atoms with Crippen LogP contribution in [0.4, 0.5) is 4.39 Å². The molecule has 0 bridgehead atoms. The standard InChI is InChI=1S/C17H24FN3O2/c1-13(2)11-19-16(22)12-20-7-9-21(10-8-20)17(23)14-3-5-15(18)6-4-14/h3-6,13H,7-12H2,1-2H3,(H,19,22). The minimum absolute atomic E-state index is 0.0250. The number of hydrogen-bond donors (Lipinski definition) is 1. The van der Waals surface area contributed by atoms with Crippen molar-refractivity contribution < 1.29 is 14.0 Å². The van der Waals surface area contributed by atoms with Gasteiger partial charge in [-0.2, -0.15) is 0 Å². The van der Waals surface area contributed by atoms with E-state index in [0.29, 0.717) is 50.7 Å². The topological polar surface area (TPSA) is 52.7 Å². The fourth-order valence-electron chi connectivity index (χ4n) is 2.46. The number of hydrogen-bond acceptors (Lipinski definition) is 3. The van der Waals surface area contributed by atoms with Crippen molar-refractivity contribution in [2.45, 2.75) is 13.8 Å². The lowest BCUT2D eigenvalue weighted by Gasteiger charge is -2.34. The predicted octanol–water partition coefficient (Wildman–Crippen LogP) is 1.36. The van der Waals surface area contributed by atoms with Crippen molar-refractivity contribution >= 4 is 11.8 Å². The Balaban J connectivity index is 1.78. The van der Waals surface area contributed by atoms with Gasteiger partial charge < -0.3 is 10.2 Å². The smallest absolute Gasteiger partial charge is 0.253 e. The Morgan fingerprint density at radius 3 is 2.30 bits per heavy atom. The molecule has 5 nitrogen and oxygen atoms in total. The molecule has 1 N–H and O–H groups in total. The van der Waals surface area contributed by atoms with E-state index < -0.39 is 0 Å². The van der Waals surface area contributed by atoms with Gasteiger partial charge in [-0.05, 0) is 30.2 Å². The van der Waals surface area contributed by atoms with Gasteiger partial charge in [-0.3, -0.25) is 14.5 Å². The molecule has 6 heteroatoms. The predicted molar refractivity (Wildman–Crippen MR) is 86.6 cm³/mol. The third kappa shape index (κ3) is 5.32. The normalized spacial score (nSPS) is 15.7. The lowest BCUT2D eigenvalue weighted by Crippen LogP contribution is -2.51. The number of rotatable bonds is 5. The first-order chi connectivity index (χ1) is 11.0. The van der Waals surface area contributed by atoms with Gasteiger partial charge in [-0.25, -0.2) is 4.39 Å². The third-order valence-electron chi connectivity index (χ3n) is 3.83. The van der Waals surface area contributed by atoms with E-state index in [4.69, 9.17) is 0 Å². The van der Waals surface area contributed by atoms with E-state index in [0.717, 1.165) is 0 Å². The molecule has 0 saturated carbocycles. The largest absolute Gasteiger partial charge is 0.355 e. The second-order valence-corrected chi connectivity index (χ2v) is 6.27. The van der Waals surface area contributed by atoms with Gasteiger partial charge in [0.05, 0.1) is 6.54 Å². The summed E-state index contributed by atoms with van der Waals surface area (Å²) in [6.07, 6.45) is 0. The fraction of sp³-hybridized carbons (Fsp3) is 0.529. The van der Waals surface area contributed by atoms with Crippen molar-refractivity contribution in [2.24, 2.45) is 5.92 Å². The minimum Gasteiger partial charge on any atom is -0.355 e. The quantitative estimate of drug-likeness (QED) is 0.891. The molecule has 1 aliphatic heterocycles. The van der Waals surface area contributed by atoms with Crippen LogP contribution in [0, 0.1) is 11.7 Å². The first kappa shape index (κ1) is 17.4. The molecule has 1 aromatic rings. The molecule has 126 valence electrons. The maximum absolute atomic E-state index is 12.9. The number of benzene rings is 1. The highest BCUT2D eigenvalue weighted by Crippen LogP contribution is 2.10. The summed E-state index contributed by atoms with van der Waals surface area (Å²) in [6, 6.07) is 5.60. The van der Waals surface area contributed by atoms with Crippen molar-refractivity contribution in [3.8, 4) is 0 Å². The summed E-state index contributed by atoms with van der Waals surface area (Å²) >= 11 is 0. The lowest BCUT2D eigenvalue weighted by atomic mass is 10.2. The van der Waals surface area contributed by atoms with Crippen LogP contribution >= 0.6 is 0 Å². The molecule has 1 aliphatic rings. The van der Waals surface area contributed by atoms with Crippen LogP contribution in [0.25, 0.3) is 0 Å². The zero-order valence-electron chi connectivity index (χ0n) is 13.7. The first-order valence-electron chi connectivity index (χ1n) is 7.99. The van der Waals surface area contributed by atoms with Gasteiger partial charge in [0.1, 0.15) is 5.82 Å². The van der Waals surface area contributed by atoms with E-state index in [2.05, 4.69) is 19.2 Å². The summed E-state index contributed by atoms with van der Waals surface area (Å²) in [5.41, 5.74) is 0.495. The van der Waals surface area contributed by atoms with Crippen LogP contribution in [0.5, 0.6) is 0 Å². The number of halogens is 1. The van der Waals surface area contributed by atoms with E-state index in [9.17, 15) is 14.0 Å². The maximum Gasteiger partial charge on any atom is 0.253 e. The van der Waals surface area contributed by atoms with Crippen LogP contribution in [0.1, 0.15) is 24.2 Å². The molecule has 23 heavy (non-hydrogen) atoms. The number of piperazine rings is 1. The highest BCUT2D eigenvalue weighted by Gasteiger charge is 2.23. The Labute approximate surface area is 136 Å². The maximum atomic E-state index is 12.9. The zero-order chi connectivity index (χ0) is 16.8. The number of nitrogens with zero attached hydrogens (tertiary/aromatic N) is 2. The van der Waals surface area contributed by atoms with Gasteiger partial charge in [0, 0.05) is 38.3 Å². The summed E-state index contributed by atoms with van der Waals surface area (Å²) in [4.78, 5) is 27.9. The Morgan fingerprint density at radius 2 is 1.74 bits per heavy atom. The van der Waals surface area contributed by atoms with Crippen molar-refractivity contribution in [1.82, 2.24) is 15.1 Å². The average molecular weight is 321 g/mol. The van der Waals surface area contributed by atoms with E-state index in [1.54, 1.807) is 4.90 Å². The molecule has 2 amide bonds. The lowest BCUT2D eigenvalue weighted by molar-refractivity contribution is -0.122. The minimum atomic E-state index is -0.348. The molecule has 1 fully saturated rings. The third-order valence-corrected chi connectivity index (χ3v) is 3.83. The second-order valence-electron chi connectivity index (χ2n) is 6.27. The molecule has 0 spiro atoms. The average Bonchev–Trinajstić information content (AvgIpc) is 2.54. The molecule has 0 aliphatic carbocycles. The molecule has 0 unspecified atom stereocenters. The van der Waals surface area contributed by atoms with Gasteiger partial charge in [-0.1, -0.05) is 13.8 Å². The van der Waals surface area contributed by atoms with Crippen LogP contribution in [-0.2, 0) is 4.79 Å². The van der Waals surface area contributed by atoms with Crippen molar-refractivity contribution in [3.05, 3.63) is 35.6 Å². The van der Waals surface area contributed by atoms with Gasteiger partial charge in [0.15, 0.2) is 0 Å². The van der Waals surface area contributed by atoms with Crippen molar-refractivity contribution in [3.63, 3.8) is 0 Å². The number of nitrogens with one attached hydrogen (secondary N) is 1. The second kappa shape index (κ2) is 8.06. The molecule has 1 heterocycles. The van der Waals surface area contributed by atoms with Crippen molar-refractivity contribution in [1.29, 1.82) is 0 Å². The molecule has 2 rings (SSSR count). The molecule has 1 saturated heterocycles. The van der Waals surface area contributed by atoms with E-state index in [-0.39, 0.29) is 17.6 Å². The Kier molecular flexibility index (Phi) is 6.10. The molecule has 0 atom stereocenters. The molecular weight excluding hydrogens is 297 g/mol. The summed E-state index contributed by atoms with van der Waals surface area (Å²) in [5, 5.41) is 2.90. The summed E-state index contributed by atoms with van der Waals surface area (Å²) < 4.78 is 12.9. The first-order valence-corrected chi connectivity index (χ1v) is 7.99. The van der Waals surface area contributed by atoms with Crippen LogP contribution in [0.3, 0.4) is 0 Å². The summed E-state index contributed by atoms with van der Waals surface area (Å²) in [5.74, 6) is 0.0221. The zero-order valence-corrected chi connectivity index (χ0v) is 13.7. The highest BCUT2D eigenvalue weighted by molar-refractivity contribution is 5.94. The van der Waals surface area contributed by atoms with Crippen LogP contribution < -0.4 is 5.32 Å². The summed E-state index contributed by atoms with van der Waals surface area (Å²) in [7, 11) is 0. The highest BCUT2D eigenvalue weighted by atomic mass is 19.1. The molecule has 0 radical (unpaired) electrons. The Morgan fingerprint density at radius 1 is 1.13 bits per heavy atom. The molecule has 0 aromatic heterocycles.